The maximum atomic E-state index is 11.3. The number of imide groups is 1. The first-order chi connectivity index (χ1) is 7.24. The molecule has 1 radical (unpaired) electrons. The molecule has 1 N–H and O–H groups in total. The van der Waals surface area contributed by atoms with Gasteiger partial charge in [0.15, 0.2) is 0 Å². The molecule has 1 unspecified atom stereocenters. The highest BCUT2D eigenvalue weighted by Gasteiger charge is 2.25. The molecule has 0 aromatic heterocycles. The Morgan fingerprint density at radius 3 is 3.00 bits per heavy atom. The Balaban J connectivity index is 2.16. The van der Waals surface area contributed by atoms with E-state index in [0.29, 0.717) is 12.4 Å². The van der Waals surface area contributed by atoms with Crippen LogP contribution in [-0.2, 0) is 9.53 Å². The van der Waals surface area contributed by atoms with E-state index in [9.17, 15) is 9.59 Å². The predicted octanol–water partition coefficient (Wildman–Crippen LogP) is 0.717. The normalized spacial score (nSPS) is 19.9. The van der Waals surface area contributed by atoms with Gasteiger partial charge < -0.3 is 4.74 Å². The molecule has 15 heavy (non-hydrogen) atoms. The minimum Gasteiger partial charge on any atom is -0.448 e. The van der Waals surface area contributed by atoms with E-state index < -0.39 is 12.0 Å². The fourth-order valence-corrected chi connectivity index (χ4v) is 1.99. The minimum absolute atomic E-state index is 0.325. The molecule has 6 heteroatoms. The van der Waals surface area contributed by atoms with E-state index in [0.717, 1.165) is 18.7 Å². The van der Waals surface area contributed by atoms with Crippen LogP contribution in [0, 0.1) is 0 Å². The lowest BCUT2D eigenvalue weighted by atomic mass is 10.3. The molecule has 1 aliphatic rings. The van der Waals surface area contributed by atoms with Gasteiger partial charge in [-0.2, -0.15) is 0 Å². The summed E-state index contributed by atoms with van der Waals surface area (Å²) in [7, 11) is 0. The minimum atomic E-state index is -0.771. The fourth-order valence-electron chi connectivity index (χ4n) is 1.06. The molecule has 1 fully saturated rings. The van der Waals surface area contributed by atoms with Crippen molar-refractivity contribution >= 4 is 23.8 Å². The number of ether oxygens (including phenoxy) is 1. The molecule has 1 atom stereocenters. The molecule has 0 bridgehead atoms. The van der Waals surface area contributed by atoms with Gasteiger partial charge in [-0.1, -0.05) is 13.3 Å². The van der Waals surface area contributed by atoms with Crippen LogP contribution in [0.4, 0.5) is 4.79 Å². The SMILES string of the molecule is CCCCOC(=O)[N]C(=O)C1CSCN1. The van der Waals surface area contributed by atoms with Crippen LogP contribution in [0.2, 0.25) is 0 Å². The summed E-state index contributed by atoms with van der Waals surface area (Å²) in [6.07, 6.45) is 0.974. The van der Waals surface area contributed by atoms with Crippen molar-refractivity contribution in [3.05, 3.63) is 0 Å². The molecule has 0 aromatic carbocycles. The molecule has 2 amide bonds. The van der Waals surface area contributed by atoms with E-state index in [4.69, 9.17) is 4.74 Å². The number of nitrogens with zero attached hydrogens (tertiary/aromatic N) is 1. The fraction of sp³-hybridized carbons (Fsp3) is 0.778. The highest BCUT2D eigenvalue weighted by atomic mass is 32.2. The number of carbonyl (C=O) groups excluding carboxylic acids is 2. The summed E-state index contributed by atoms with van der Waals surface area (Å²) in [6, 6.07) is -0.325. The maximum absolute atomic E-state index is 11.3. The summed E-state index contributed by atoms with van der Waals surface area (Å²) in [5, 5.41) is 6.30. The predicted molar refractivity (Wildman–Crippen MR) is 57.6 cm³/mol. The number of hydrogen-bond acceptors (Lipinski definition) is 5. The zero-order valence-electron chi connectivity index (χ0n) is 8.69. The summed E-state index contributed by atoms with van der Waals surface area (Å²) in [6.45, 7) is 2.33. The second kappa shape index (κ2) is 6.68. The zero-order valence-corrected chi connectivity index (χ0v) is 9.51. The van der Waals surface area contributed by atoms with Crippen LogP contribution in [0.3, 0.4) is 0 Å². The first-order valence-electron chi connectivity index (χ1n) is 4.97. The van der Waals surface area contributed by atoms with Gasteiger partial charge in [0, 0.05) is 11.6 Å². The van der Waals surface area contributed by atoms with E-state index in [1.54, 1.807) is 11.8 Å². The van der Waals surface area contributed by atoms with Gasteiger partial charge in [-0.3, -0.25) is 10.1 Å². The van der Waals surface area contributed by atoms with E-state index in [1.165, 1.54) is 0 Å². The van der Waals surface area contributed by atoms with Crippen molar-refractivity contribution in [2.45, 2.75) is 25.8 Å². The zero-order chi connectivity index (χ0) is 11.1. The summed E-state index contributed by atoms with van der Waals surface area (Å²) in [5.41, 5.74) is 0. The number of thioether (sulfide) groups is 1. The molecule has 1 rings (SSSR count). The molecule has 0 saturated carbocycles. The van der Waals surface area contributed by atoms with Crippen molar-refractivity contribution in [1.82, 2.24) is 10.6 Å². The number of rotatable bonds is 4. The van der Waals surface area contributed by atoms with Crippen molar-refractivity contribution in [1.29, 1.82) is 0 Å². The Morgan fingerprint density at radius 1 is 1.60 bits per heavy atom. The Hall–Kier alpha value is -0.750. The third-order valence-electron chi connectivity index (χ3n) is 1.94. The number of carbonyl (C=O) groups is 2. The number of amides is 2. The van der Waals surface area contributed by atoms with Gasteiger partial charge in [0.1, 0.15) is 0 Å². The van der Waals surface area contributed by atoms with Gasteiger partial charge in [-0.05, 0) is 6.42 Å². The third kappa shape index (κ3) is 4.53. The van der Waals surface area contributed by atoms with Crippen LogP contribution in [0.25, 0.3) is 0 Å². The van der Waals surface area contributed by atoms with Gasteiger partial charge in [-0.25, -0.2) is 4.79 Å². The quantitative estimate of drug-likeness (QED) is 0.722. The Labute approximate surface area is 93.3 Å². The first kappa shape index (κ1) is 12.3. The van der Waals surface area contributed by atoms with E-state index >= 15 is 0 Å². The van der Waals surface area contributed by atoms with Crippen molar-refractivity contribution in [3.8, 4) is 0 Å². The number of unbranched alkanes of at least 4 members (excludes halogenated alkanes) is 1. The first-order valence-corrected chi connectivity index (χ1v) is 6.13. The van der Waals surface area contributed by atoms with Crippen LogP contribution in [0.15, 0.2) is 0 Å². The third-order valence-corrected chi connectivity index (χ3v) is 2.88. The molecule has 85 valence electrons. The van der Waals surface area contributed by atoms with Crippen LogP contribution in [0.1, 0.15) is 19.8 Å². The molecule has 1 aliphatic heterocycles. The molecule has 1 heterocycles. The molecule has 0 aliphatic carbocycles. The van der Waals surface area contributed by atoms with Crippen molar-refractivity contribution in [3.63, 3.8) is 0 Å². The lowest BCUT2D eigenvalue weighted by Crippen LogP contribution is -2.40. The van der Waals surface area contributed by atoms with Crippen molar-refractivity contribution in [2.24, 2.45) is 0 Å². The Bertz CT molecular complexity index is 229. The van der Waals surface area contributed by atoms with Gasteiger partial charge in [0.25, 0.3) is 5.91 Å². The number of nitrogens with one attached hydrogen (secondary N) is 1. The highest BCUT2D eigenvalue weighted by molar-refractivity contribution is 7.99. The summed E-state index contributed by atoms with van der Waals surface area (Å²) in [4.78, 5) is 22.4. The summed E-state index contributed by atoms with van der Waals surface area (Å²) < 4.78 is 4.75. The van der Waals surface area contributed by atoms with Crippen LogP contribution >= 0.6 is 11.8 Å². The van der Waals surface area contributed by atoms with Crippen molar-refractivity contribution < 1.29 is 14.3 Å². The standard InChI is InChI=1S/C9H15N2O3S/c1-2-3-4-14-9(13)11-8(12)7-5-15-6-10-7/h7,10H,2-6H2,1H3. The second-order valence-electron chi connectivity index (χ2n) is 3.19. The molecule has 5 nitrogen and oxygen atoms in total. The summed E-state index contributed by atoms with van der Waals surface area (Å²) in [5.74, 6) is 0.975. The molecular formula is C9H15N2O3S. The van der Waals surface area contributed by atoms with E-state index in [1.807, 2.05) is 6.92 Å². The molecule has 1 saturated heterocycles. The van der Waals surface area contributed by atoms with Gasteiger partial charge in [-0.15, -0.1) is 17.1 Å². The summed E-state index contributed by atoms with van der Waals surface area (Å²) >= 11 is 1.62. The van der Waals surface area contributed by atoms with Crippen LogP contribution in [0.5, 0.6) is 0 Å². The topological polar surface area (TPSA) is 69.5 Å². The highest BCUT2D eigenvalue weighted by Crippen LogP contribution is 2.09. The molecule has 0 spiro atoms. The lowest BCUT2D eigenvalue weighted by Gasteiger charge is -2.07. The van der Waals surface area contributed by atoms with E-state index in [2.05, 4.69) is 10.6 Å². The Kier molecular flexibility index (Phi) is 5.49. The largest absolute Gasteiger partial charge is 0.448 e. The second-order valence-corrected chi connectivity index (χ2v) is 4.22. The monoisotopic (exact) mass is 231 g/mol. The van der Waals surface area contributed by atoms with Crippen LogP contribution < -0.4 is 10.6 Å². The maximum Gasteiger partial charge on any atom is 0.436 e. The average Bonchev–Trinajstić information content (AvgIpc) is 2.70. The number of hydrogen-bond donors (Lipinski definition) is 1. The molecular weight excluding hydrogens is 216 g/mol. The van der Waals surface area contributed by atoms with E-state index in [-0.39, 0.29) is 6.04 Å². The van der Waals surface area contributed by atoms with Crippen LogP contribution in [-0.4, -0.2) is 36.3 Å². The average molecular weight is 231 g/mol. The Morgan fingerprint density at radius 2 is 2.40 bits per heavy atom. The molecule has 0 aromatic rings. The lowest BCUT2D eigenvalue weighted by molar-refractivity contribution is -0.122. The smallest absolute Gasteiger partial charge is 0.436 e. The van der Waals surface area contributed by atoms with Gasteiger partial charge in [0.2, 0.25) is 0 Å². The van der Waals surface area contributed by atoms with Gasteiger partial charge in [0.05, 0.1) is 12.6 Å². The van der Waals surface area contributed by atoms with Gasteiger partial charge >= 0.3 is 6.09 Å². The van der Waals surface area contributed by atoms with Crippen molar-refractivity contribution in [2.75, 3.05) is 18.2 Å².